The number of carbonyl (C=O) groups is 1. The largest absolute Gasteiger partial charge is 0.495 e. The Kier molecular flexibility index (Phi) is 4.39. The second-order valence-electron chi connectivity index (χ2n) is 6.89. The number of fused-ring (bicyclic) bond motifs is 2. The topological polar surface area (TPSA) is 64.3 Å². The Balaban J connectivity index is 1.54. The predicted molar refractivity (Wildman–Crippen MR) is 88.1 cm³/mol. The van der Waals surface area contributed by atoms with Gasteiger partial charge in [-0.15, -0.1) is 0 Å². The van der Waals surface area contributed by atoms with Crippen LogP contribution in [0.4, 0.5) is 5.69 Å². The smallest absolute Gasteiger partial charge is 0.176 e. The van der Waals surface area contributed by atoms with Gasteiger partial charge < -0.3 is 15.8 Å². The number of nitrogen functional groups attached to an aromatic ring is 1. The fraction of sp³-hybridized carbons (Fsp3) is 0.611. The van der Waals surface area contributed by atoms with Crippen LogP contribution in [-0.2, 0) is 0 Å². The second kappa shape index (κ2) is 6.29. The number of nitrogens with one attached hydrogen (secondary N) is 1. The van der Waals surface area contributed by atoms with Crippen LogP contribution in [0.3, 0.4) is 0 Å². The van der Waals surface area contributed by atoms with E-state index in [1.165, 1.54) is 25.7 Å². The first-order valence-corrected chi connectivity index (χ1v) is 8.28. The van der Waals surface area contributed by atoms with E-state index in [1.54, 1.807) is 25.3 Å². The zero-order valence-corrected chi connectivity index (χ0v) is 13.5. The van der Waals surface area contributed by atoms with Crippen molar-refractivity contribution >= 4 is 11.5 Å². The number of ketones is 1. The van der Waals surface area contributed by atoms with E-state index < -0.39 is 0 Å². The quantitative estimate of drug-likeness (QED) is 0.626. The highest BCUT2D eigenvalue weighted by Crippen LogP contribution is 2.49. The summed E-state index contributed by atoms with van der Waals surface area (Å²) in [6, 6.07) is 5.64. The Morgan fingerprint density at radius 2 is 2.23 bits per heavy atom. The Bertz CT molecular complexity index is 558. The van der Waals surface area contributed by atoms with Gasteiger partial charge in [0.1, 0.15) is 5.75 Å². The minimum Gasteiger partial charge on any atom is -0.495 e. The van der Waals surface area contributed by atoms with Gasteiger partial charge in [0, 0.05) is 11.6 Å². The molecule has 0 radical (unpaired) electrons. The molecule has 2 bridgehead atoms. The minimum absolute atomic E-state index is 0.0874. The lowest BCUT2D eigenvalue weighted by Gasteiger charge is -2.28. The molecule has 4 unspecified atom stereocenters. The fourth-order valence-electron chi connectivity index (χ4n) is 4.32. The van der Waals surface area contributed by atoms with Crippen molar-refractivity contribution in [2.45, 2.75) is 38.6 Å². The Hall–Kier alpha value is -1.55. The summed E-state index contributed by atoms with van der Waals surface area (Å²) >= 11 is 0. The van der Waals surface area contributed by atoms with Gasteiger partial charge in [-0.3, -0.25) is 4.79 Å². The van der Waals surface area contributed by atoms with Crippen molar-refractivity contribution < 1.29 is 9.53 Å². The molecule has 4 heteroatoms. The first-order valence-electron chi connectivity index (χ1n) is 8.28. The SMILES string of the molecule is COc1ccc(C(=O)CNC(C)C2CC3CCC2C3)cc1N. The van der Waals surface area contributed by atoms with E-state index in [9.17, 15) is 4.79 Å². The lowest BCUT2D eigenvalue weighted by atomic mass is 9.84. The number of benzene rings is 1. The summed E-state index contributed by atoms with van der Waals surface area (Å²) in [4.78, 5) is 12.3. The van der Waals surface area contributed by atoms with Gasteiger partial charge in [0.2, 0.25) is 0 Å². The molecule has 4 nitrogen and oxygen atoms in total. The third kappa shape index (κ3) is 2.98. The molecule has 4 atom stereocenters. The highest BCUT2D eigenvalue weighted by molar-refractivity contribution is 5.98. The van der Waals surface area contributed by atoms with E-state index >= 15 is 0 Å². The molecule has 0 spiro atoms. The van der Waals surface area contributed by atoms with Crippen LogP contribution >= 0.6 is 0 Å². The maximum atomic E-state index is 12.3. The molecule has 0 heterocycles. The van der Waals surface area contributed by atoms with Gasteiger partial charge >= 0.3 is 0 Å². The average Bonchev–Trinajstić information content (AvgIpc) is 3.15. The summed E-state index contributed by atoms with van der Waals surface area (Å²) in [5.41, 5.74) is 7.02. The van der Waals surface area contributed by atoms with Crippen LogP contribution in [-0.4, -0.2) is 25.5 Å². The maximum Gasteiger partial charge on any atom is 0.176 e. The van der Waals surface area contributed by atoms with Crippen LogP contribution in [0.25, 0.3) is 0 Å². The van der Waals surface area contributed by atoms with E-state index in [0.717, 1.165) is 17.8 Å². The molecule has 2 fully saturated rings. The molecular weight excluding hydrogens is 276 g/mol. The molecule has 0 amide bonds. The van der Waals surface area contributed by atoms with Crippen molar-refractivity contribution in [1.82, 2.24) is 5.32 Å². The predicted octanol–water partition coefficient (Wildman–Crippen LogP) is 2.87. The first-order chi connectivity index (χ1) is 10.6. The van der Waals surface area contributed by atoms with E-state index in [-0.39, 0.29) is 5.78 Å². The van der Waals surface area contributed by atoms with Crippen molar-refractivity contribution in [2.75, 3.05) is 19.4 Å². The summed E-state index contributed by atoms with van der Waals surface area (Å²) in [5.74, 6) is 3.26. The molecule has 2 saturated carbocycles. The number of methoxy groups -OCH3 is 1. The van der Waals surface area contributed by atoms with Gasteiger partial charge in [-0.2, -0.15) is 0 Å². The van der Waals surface area contributed by atoms with E-state index in [4.69, 9.17) is 10.5 Å². The summed E-state index contributed by atoms with van der Waals surface area (Å²) in [5, 5.41) is 3.43. The number of Topliss-reactive ketones (excluding diaryl/α,β-unsaturated/α-hetero) is 1. The standard InChI is InChI=1S/C18H26N2O2/c1-11(15-8-12-3-4-13(15)7-12)20-10-17(21)14-5-6-18(22-2)16(19)9-14/h5-6,9,11-13,15,20H,3-4,7-8,10,19H2,1-2H3. The summed E-state index contributed by atoms with van der Waals surface area (Å²) in [6.45, 7) is 2.60. The molecule has 0 saturated heterocycles. The molecule has 3 N–H and O–H groups in total. The molecular formula is C18H26N2O2. The highest BCUT2D eigenvalue weighted by atomic mass is 16.5. The van der Waals surface area contributed by atoms with Crippen LogP contribution in [0.15, 0.2) is 18.2 Å². The first kappa shape index (κ1) is 15.3. The number of rotatable bonds is 6. The third-order valence-electron chi connectivity index (χ3n) is 5.57. The number of ether oxygens (including phenoxy) is 1. The Morgan fingerprint density at radius 1 is 1.41 bits per heavy atom. The van der Waals surface area contributed by atoms with E-state index in [2.05, 4.69) is 12.2 Å². The van der Waals surface area contributed by atoms with Crippen molar-refractivity contribution in [3.8, 4) is 5.75 Å². The monoisotopic (exact) mass is 302 g/mol. The van der Waals surface area contributed by atoms with Crippen LogP contribution in [0.5, 0.6) is 5.75 Å². The van der Waals surface area contributed by atoms with Crippen molar-refractivity contribution in [3.05, 3.63) is 23.8 Å². The molecule has 120 valence electrons. The highest BCUT2D eigenvalue weighted by Gasteiger charge is 2.41. The zero-order chi connectivity index (χ0) is 15.7. The zero-order valence-electron chi connectivity index (χ0n) is 13.5. The van der Waals surface area contributed by atoms with E-state index in [1.807, 2.05) is 0 Å². The Labute approximate surface area is 132 Å². The molecule has 1 aromatic carbocycles. The maximum absolute atomic E-state index is 12.3. The van der Waals surface area contributed by atoms with Crippen LogP contribution < -0.4 is 15.8 Å². The van der Waals surface area contributed by atoms with Gasteiger partial charge in [0.05, 0.1) is 19.3 Å². The lowest BCUT2D eigenvalue weighted by molar-refractivity contribution is 0.0981. The van der Waals surface area contributed by atoms with Gasteiger partial charge in [-0.1, -0.05) is 6.42 Å². The van der Waals surface area contributed by atoms with Crippen molar-refractivity contribution in [2.24, 2.45) is 17.8 Å². The number of anilines is 1. The van der Waals surface area contributed by atoms with Gasteiger partial charge in [-0.05, 0) is 62.1 Å². The van der Waals surface area contributed by atoms with Gasteiger partial charge in [0.25, 0.3) is 0 Å². The second-order valence-corrected chi connectivity index (χ2v) is 6.89. The average molecular weight is 302 g/mol. The van der Waals surface area contributed by atoms with Crippen molar-refractivity contribution in [1.29, 1.82) is 0 Å². The summed E-state index contributed by atoms with van der Waals surface area (Å²) in [7, 11) is 1.58. The normalized spacial score (nSPS) is 27.8. The van der Waals surface area contributed by atoms with Gasteiger partial charge in [0.15, 0.2) is 5.78 Å². The van der Waals surface area contributed by atoms with Gasteiger partial charge in [-0.25, -0.2) is 0 Å². The molecule has 2 aliphatic carbocycles. The summed E-state index contributed by atoms with van der Waals surface area (Å²) in [6.07, 6.45) is 5.53. The minimum atomic E-state index is 0.0874. The van der Waals surface area contributed by atoms with Crippen LogP contribution in [0.1, 0.15) is 43.0 Å². The van der Waals surface area contributed by atoms with E-state index in [0.29, 0.717) is 29.6 Å². The molecule has 22 heavy (non-hydrogen) atoms. The number of hydrogen-bond acceptors (Lipinski definition) is 4. The molecule has 1 aromatic rings. The number of carbonyl (C=O) groups excluding carboxylic acids is 1. The Morgan fingerprint density at radius 3 is 2.82 bits per heavy atom. The molecule has 3 rings (SSSR count). The summed E-state index contributed by atoms with van der Waals surface area (Å²) < 4.78 is 5.12. The number of nitrogens with two attached hydrogens (primary N) is 1. The van der Waals surface area contributed by atoms with Crippen LogP contribution in [0.2, 0.25) is 0 Å². The third-order valence-corrected chi connectivity index (χ3v) is 5.57. The molecule has 2 aliphatic rings. The number of hydrogen-bond donors (Lipinski definition) is 2. The van der Waals surface area contributed by atoms with Crippen molar-refractivity contribution in [3.63, 3.8) is 0 Å². The molecule has 0 aliphatic heterocycles. The molecule has 0 aromatic heterocycles. The lowest BCUT2D eigenvalue weighted by Crippen LogP contribution is -2.39. The fourth-order valence-corrected chi connectivity index (χ4v) is 4.32. The van der Waals surface area contributed by atoms with Crippen LogP contribution in [0, 0.1) is 17.8 Å².